The lowest BCUT2D eigenvalue weighted by Gasteiger charge is -2.37. The first-order valence-electron chi connectivity index (χ1n) is 10.6. The summed E-state index contributed by atoms with van der Waals surface area (Å²) in [6.45, 7) is 11.1. The number of nitrogens with one attached hydrogen (secondary N) is 1. The molecule has 162 valence electrons. The van der Waals surface area contributed by atoms with Gasteiger partial charge in [0.2, 0.25) is 5.91 Å². The molecule has 1 amide bonds. The van der Waals surface area contributed by atoms with E-state index in [-0.39, 0.29) is 29.9 Å². The highest BCUT2D eigenvalue weighted by Crippen LogP contribution is 2.16. The number of likely N-dealkylation sites (tertiary alicyclic amines) is 1. The van der Waals surface area contributed by atoms with Crippen LogP contribution in [0.15, 0.2) is 29.4 Å². The molecule has 2 saturated heterocycles. The molecule has 1 N–H and O–H groups in total. The fourth-order valence-electron chi connectivity index (χ4n) is 3.95. The summed E-state index contributed by atoms with van der Waals surface area (Å²) in [5.74, 6) is 2.81. The van der Waals surface area contributed by atoms with Crippen LogP contribution in [-0.2, 0) is 4.79 Å². The van der Waals surface area contributed by atoms with Gasteiger partial charge in [0.1, 0.15) is 5.82 Å². The Balaban J connectivity index is 0.00000300. The number of aliphatic imine (C=N–C) groups is 1. The number of hydrogen-bond acceptors (Lipinski definition) is 4. The van der Waals surface area contributed by atoms with Crippen molar-refractivity contribution in [1.82, 2.24) is 20.1 Å². The first-order chi connectivity index (χ1) is 13.7. The van der Waals surface area contributed by atoms with Crippen LogP contribution in [0.1, 0.15) is 33.1 Å². The van der Waals surface area contributed by atoms with Gasteiger partial charge >= 0.3 is 0 Å². The second-order valence-corrected chi connectivity index (χ2v) is 7.73. The number of piperidine rings is 1. The van der Waals surface area contributed by atoms with Gasteiger partial charge < -0.3 is 20.0 Å². The lowest BCUT2D eigenvalue weighted by Crippen LogP contribution is -2.52. The number of nitrogens with zero attached hydrogens (tertiary/aromatic N) is 5. The van der Waals surface area contributed by atoms with E-state index < -0.39 is 0 Å². The molecule has 2 fully saturated rings. The molecule has 1 aromatic heterocycles. The molecular weight excluding hydrogens is 479 g/mol. The van der Waals surface area contributed by atoms with E-state index in [9.17, 15) is 4.79 Å². The van der Waals surface area contributed by atoms with Gasteiger partial charge in [-0.25, -0.2) is 4.98 Å². The third-order valence-electron chi connectivity index (χ3n) is 5.48. The molecule has 0 spiro atoms. The number of pyridine rings is 1. The molecule has 8 heteroatoms. The predicted octanol–water partition coefficient (Wildman–Crippen LogP) is 2.44. The quantitative estimate of drug-likeness (QED) is 0.372. The predicted molar refractivity (Wildman–Crippen MR) is 129 cm³/mol. The van der Waals surface area contributed by atoms with Crippen LogP contribution in [-0.4, -0.2) is 79.0 Å². The number of halogens is 1. The summed E-state index contributed by atoms with van der Waals surface area (Å²) >= 11 is 0. The maximum Gasteiger partial charge on any atom is 0.224 e. The number of carbonyl (C=O) groups excluding carboxylic acids is 1. The van der Waals surface area contributed by atoms with Crippen molar-refractivity contribution in [1.29, 1.82) is 0 Å². The van der Waals surface area contributed by atoms with Crippen molar-refractivity contribution in [3.8, 4) is 0 Å². The van der Waals surface area contributed by atoms with Crippen LogP contribution in [0.2, 0.25) is 0 Å². The van der Waals surface area contributed by atoms with Crippen LogP contribution in [0.25, 0.3) is 0 Å². The van der Waals surface area contributed by atoms with E-state index >= 15 is 0 Å². The molecule has 0 saturated carbocycles. The second kappa shape index (κ2) is 12.2. The maximum absolute atomic E-state index is 12.5. The number of carbonyl (C=O) groups is 1. The van der Waals surface area contributed by atoms with Crippen LogP contribution in [0.4, 0.5) is 5.82 Å². The van der Waals surface area contributed by atoms with Gasteiger partial charge in [-0.05, 0) is 37.8 Å². The van der Waals surface area contributed by atoms with Crippen LogP contribution < -0.4 is 10.2 Å². The normalized spacial score (nSPS) is 20.3. The highest BCUT2D eigenvalue weighted by atomic mass is 127. The van der Waals surface area contributed by atoms with Crippen molar-refractivity contribution in [2.45, 2.75) is 33.1 Å². The van der Waals surface area contributed by atoms with Gasteiger partial charge in [0.05, 0.1) is 6.54 Å². The van der Waals surface area contributed by atoms with E-state index in [1.807, 2.05) is 23.2 Å². The summed E-state index contributed by atoms with van der Waals surface area (Å²) in [6.07, 6.45) is 4.69. The lowest BCUT2D eigenvalue weighted by molar-refractivity contribution is -0.132. The fraction of sp³-hybridized carbons (Fsp3) is 0.667. The third kappa shape index (κ3) is 7.01. The number of anilines is 1. The molecule has 0 aliphatic carbocycles. The zero-order chi connectivity index (χ0) is 19.8. The molecule has 1 aromatic rings. The van der Waals surface area contributed by atoms with Crippen molar-refractivity contribution in [3.63, 3.8) is 0 Å². The van der Waals surface area contributed by atoms with Crippen LogP contribution in [0, 0.1) is 5.92 Å². The minimum absolute atomic E-state index is 0. The molecule has 29 heavy (non-hydrogen) atoms. The van der Waals surface area contributed by atoms with E-state index in [0.29, 0.717) is 18.9 Å². The van der Waals surface area contributed by atoms with Gasteiger partial charge in [-0.1, -0.05) is 13.0 Å². The number of rotatable bonds is 5. The summed E-state index contributed by atoms with van der Waals surface area (Å²) in [4.78, 5) is 28.3. The Morgan fingerprint density at radius 1 is 1.21 bits per heavy atom. The van der Waals surface area contributed by atoms with Gasteiger partial charge in [0.15, 0.2) is 5.96 Å². The summed E-state index contributed by atoms with van der Waals surface area (Å²) < 4.78 is 0. The first kappa shape index (κ1) is 23.7. The standard InChI is InChI=1S/C21H34N6O.HI/c1-3-22-21(24-11-9-20(28)27-12-6-7-18(2)17-27)26-15-13-25(14-16-26)19-8-4-5-10-23-19;/h4-5,8,10,18H,3,6-7,9,11-17H2,1-2H3,(H,22,24);1H. The summed E-state index contributed by atoms with van der Waals surface area (Å²) in [5, 5.41) is 3.38. The molecule has 1 unspecified atom stereocenters. The Labute approximate surface area is 192 Å². The van der Waals surface area contributed by atoms with E-state index in [2.05, 4.69) is 40.0 Å². The molecular formula is C21H35IN6O. The topological polar surface area (TPSA) is 64.1 Å². The van der Waals surface area contributed by atoms with Crippen molar-refractivity contribution in [2.75, 3.05) is 57.3 Å². The van der Waals surface area contributed by atoms with E-state index in [4.69, 9.17) is 4.99 Å². The summed E-state index contributed by atoms with van der Waals surface area (Å²) in [7, 11) is 0. The first-order valence-corrected chi connectivity index (χ1v) is 10.6. The number of hydrogen-bond donors (Lipinski definition) is 1. The van der Waals surface area contributed by atoms with Crippen LogP contribution >= 0.6 is 24.0 Å². The zero-order valence-electron chi connectivity index (χ0n) is 17.7. The molecule has 0 aromatic carbocycles. The van der Waals surface area contributed by atoms with Gasteiger partial charge in [-0.2, -0.15) is 0 Å². The molecule has 3 heterocycles. The third-order valence-corrected chi connectivity index (χ3v) is 5.48. The zero-order valence-corrected chi connectivity index (χ0v) is 20.0. The SMILES string of the molecule is CCNC(=NCCC(=O)N1CCCC(C)C1)N1CCN(c2ccccn2)CC1.I. The highest BCUT2D eigenvalue weighted by molar-refractivity contribution is 14.0. The average Bonchev–Trinajstić information content (AvgIpc) is 2.74. The summed E-state index contributed by atoms with van der Waals surface area (Å²) in [5.41, 5.74) is 0. The largest absolute Gasteiger partial charge is 0.357 e. The number of piperazine rings is 1. The van der Waals surface area contributed by atoms with Crippen LogP contribution in [0.3, 0.4) is 0 Å². The molecule has 0 bridgehead atoms. The van der Waals surface area contributed by atoms with Crippen molar-refractivity contribution in [2.24, 2.45) is 10.9 Å². The second-order valence-electron chi connectivity index (χ2n) is 7.73. The Hall–Kier alpha value is -1.58. The van der Waals surface area contributed by atoms with Crippen molar-refractivity contribution in [3.05, 3.63) is 24.4 Å². The fourth-order valence-corrected chi connectivity index (χ4v) is 3.95. The van der Waals surface area contributed by atoms with Crippen molar-refractivity contribution < 1.29 is 4.79 Å². The Morgan fingerprint density at radius 2 is 2.00 bits per heavy atom. The van der Waals surface area contributed by atoms with Gasteiger partial charge in [-0.15, -0.1) is 24.0 Å². The molecule has 1 atom stereocenters. The van der Waals surface area contributed by atoms with E-state index in [1.165, 1.54) is 6.42 Å². The van der Waals surface area contributed by atoms with Crippen LogP contribution in [0.5, 0.6) is 0 Å². The van der Waals surface area contributed by atoms with Gasteiger partial charge in [-0.3, -0.25) is 9.79 Å². The summed E-state index contributed by atoms with van der Waals surface area (Å²) in [6, 6.07) is 6.03. The smallest absolute Gasteiger partial charge is 0.224 e. The minimum Gasteiger partial charge on any atom is -0.357 e. The molecule has 0 radical (unpaired) electrons. The Bertz CT molecular complexity index is 648. The van der Waals surface area contributed by atoms with E-state index in [0.717, 1.165) is 64.0 Å². The molecule has 2 aliphatic heterocycles. The number of amides is 1. The molecule has 2 aliphatic rings. The maximum atomic E-state index is 12.5. The highest BCUT2D eigenvalue weighted by Gasteiger charge is 2.22. The number of guanidine groups is 1. The van der Waals surface area contributed by atoms with Gasteiger partial charge in [0.25, 0.3) is 0 Å². The van der Waals surface area contributed by atoms with Crippen molar-refractivity contribution >= 4 is 41.7 Å². The monoisotopic (exact) mass is 514 g/mol. The lowest BCUT2D eigenvalue weighted by atomic mass is 10.00. The van der Waals surface area contributed by atoms with Gasteiger partial charge in [0, 0.05) is 58.4 Å². The molecule has 7 nitrogen and oxygen atoms in total. The molecule has 3 rings (SSSR count). The minimum atomic E-state index is 0. The average molecular weight is 514 g/mol. The Kier molecular flexibility index (Phi) is 9.96. The van der Waals surface area contributed by atoms with E-state index in [1.54, 1.807) is 0 Å². The Morgan fingerprint density at radius 3 is 2.66 bits per heavy atom. The number of aromatic nitrogens is 1.